The van der Waals surface area contributed by atoms with Crippen molar-refractivity contribution in [2.75, 3.05) is 12.0 Å². The monoisotopic (exact) mass is 580 g/mol. The maximum atomic E-state index is 13.9. The second kappa shape index (κ2) is 12.1. The van der Waals surface area contributed by atoms with Crippen molar-refractivity contribution < 1.29 is 14.5 Å². The Hall–Kier alpha value is -4.63. The van der Waals surface area contributed by atoms with Gasteiger partial charge < -0.3 is 9.30 Å². The lowest BCUT2D eigenvalue weighted by molar-refractivity contribution is -0.384. The van der Waals surface area contributed by atoms with Crippen LogP contribution in [0.3, 0.4) is 0 Å². The Morgan fingerprint density at radius 2 is 1.60 bits per heavy atom. The lowest BCUT2D eigenvalue weighted by atomic mass is 10.1. The fourth-order valence-corrected chi connectivity index (χ4v) is 5.98. The molecule has 2 heterocycles. The zero-order valence-corrected chi connectivity index (χ0v) is 25.1. The van der Waals surface area contributed by atoms with Crippen LogP contribution in [0.4, 0.5) is 17.1 Å². The summed E-state index contributed by atoms with van der Waals surface area (Å²) in [6.07, 6.45) is 3.71. The van der Waals surface area contributed by atoms with Gasteiger partial charge in [0, 0.05) is 23.5 Å². The van der Waals surface area contributed by atoms with E-state index >= 15 is 0 Å². The van der Waals surface area contributed by atoms with E-state index in [4.69, 9.17) is 9.73 Å². The molecule has 0 radical (unpaired) electrons. The number of nitrogens with zero attached hydrogens (tertiary/aromatic N) is 4. The Morgan fingerprint density at radius 1 is 0.952 bits per heavy atom. The van der Waals surface area contributed by atoms with Crippen LogP contribution in [0.1, 0.15) is 41.9 Å². The molecule has 42 heavy (non-hydrogen) atoms. The summed E-state index contributed by atoms with van der Waals surface area (Å²) < 4.78 is 7.44. The highest BCUT2D eigenvalue weighted by molar-refractivity contribution is 8.19. The fraction of sp³-hybridized carbons (Fsp3) is 0.212. The number of non-ortho nitro benzene ring substituents is 1. The van der Waals surface area contributed by atoms with Gasteiger partial charge in [0.25, 0.3) is 11.6 Å². The number of hydrogen-bond acceptors (Lipinski definition) is 6. The Kier molecular flexibility index (Phi) is 8.31. The van der Waals surface area contributed by atoms with Gasteiger partial charge in [-0.15, -0.1) is 0 Å². The van der Waals surface area contributed by atoms with Crippen molar-refractivity contribution in [2.45, 2.75) is 40.5 Å². The number of nitro benzene ring substituents is 1. The number of nitro groups is 1. The standard InChI is InChI=1S/C33H32N4O4S/c1-6-23-8-12-26(13-9-23)34-33-36(27-14-10-24(7-2)11-15-27)32(38)31(42-33)19-25-18-21(3)35(22(25)4)29-20-28(37(39)40)16-17-30(29)41-5/h8-20H,6-7H2,1-5H3/b31-19-,34-33?. The van der Waals surface area contributed by atoms with Crippen LogP contribution >= 0.6 is 11.8 Å². The molecule has 0 atom stereocenters. The number of amides is 1. The van der Waals surface area contributed by atoms with E-state index in [2.05, 4.69) is 26.0 Å². The number of thioether (sulfide) groups is 1. The molecule has 1 amide bonds. The number of aromatic nitrogens is 1. The van der Waals surface area contributed by atoms with Crippen LogP contribution < -0.4 is 9.64 Å². The van der Waals surface area contributed by atoms with Gasteiger partial charge in [0.2, 0.25) is 0 Å². The van der Waals surface area contributed by atoms with Crippen molar-refractivity contribution >= 4 is 46.0 Å². The number of aliphatic imine (C=N–C) groups is 1. The molecule has 0 N–H and O–H groups in total. The van der Waals surface area contributed by atoms with Crippen molar-refractivity contribution in [1.29, 1.82) is 0 Å². The van der Waals surface area contributed by atoms with E-state index in [1.807, 2.05) is 67.0 Å². The molecule has 214 valence electrons. The molecule has 1 aliphatic rings. The molecule has 0 bridgehead atoms. The van der Waals surface area contributed by atoms with Gasteiger partial charge in [-0.05, 0) is 97.6 Å². The first-order valence-corrected chi connectivity index (χ1v) is 14.6. The number of benzene rings is 3. The first-order valence-electron chi connectivity index (χ1n) is 13.8. The van der Waals surface area contributed by atoms with E-state index in [0.29, 0.717) is 21.5 Å². The molecule has 9 heteroatoms. The third-order valence-electron chi connectivity index (χ3n) is 7.35. The number of anilines is 1. The molecule has 0 aliphatic carbocycles. The summed E-state index contributed by atoms with van der Waals surface area (Å²) in [5, 5.41) is 12.1. The highest BCUT2D eigenvalue weighted by Crippen LogP contribution is 2.39. The third kappa shape index (κ3) is 5.60. The fourth-order valence-electron chi connectivity index (χ4n) is 4.99. The first kappa shape index (κ1) is 28.9. The zero-order chi connectivity index (χ0) is 30.0. The van der Waals surface area contributed by atoms with Gasteiger partial charge in [-0.2, -0.15) is 0 Å². The van der Waals surface area contributed by atoms with E-state index in [1.54, 1.807) is 11.0 Å². The SMILES string of the molecule is CCc1ccc(N=C2S/C(=C\c3cc(C)n(-c4cc([N+](=O)[O-])ccc4OC)c3C)C(=O)N2c2ccc(CC)cc2)cc1. The summed E-state index contributed by atoms with van der Waals surface area (Å²) in [6, 6.07) is 22.5. The van der Waals surface area contributed by atoms with Crippen LogP contribution in [-0.4, -0.2) is 27.7 Å². The first-order chi connectivity index (χ1) is 20.2. The summed E-state index contributed by atoms with van der Waals surface area (Å²) in [4.78, 5) is 32.0. The van der Waals surface area contributed by atoms with Crippen LogP contribution in [0.2, 0.25) is 0 Å². The van der Waals surface area contributed by atoms with E-state index in [1.165, 1.54) is 42.1 Å². The molecule has 3 aromatic carbocycles. The molecular weight excluding hydrogens is 548 g/mol. The molecule has 1 saturated heterocycles. The number of aryl methyl sites for hydroxylation is 3. The second-order valence-corrected chi connectivity index (χ2v) is 11.0. The van der Waals surface area contributed by atoms with Crippen molar-refractivity contribution in [2.24, 2.45) is 4.99 Å². The molecule has 1 aromatic heterocycles. The van der Waals surface area contributed by atoms with Gasteiger partial charge in [0.05, 0.1) is 34.0 Å². The molecule has 0 saturated carbocycles. The Bertz CT molecular complexity index is 1720. The van der Waals surface area contributed by atoms with Crippen molar-refractivity contribution in [3.05, 3.63) is 116 Å². The molecular formula is C33H32N4O4S. The van der Waals surface area contributed by atoms with Crippen LogP contribution in [0.5, 0.6) is 5.75 Å². The quantitative estimate of drug-likeness (QED) is 0.120. The van der Waals surface area contributed by atoms with Crippen LogP contribution in [-0.2, 0) is 17.6 Å². The van der Waals surface area contributed by atoms with Crippen molar-refractivity contribution in [3.63, 3.8) is 0 Å². The number of carbonyl (C=O) groups excluding carboxylic acids is 1. The number of rotatable bonds is 8. The Morgan fingerprint density at radius 3 is 2.19 bits per heavy atom. The second-order valence-electron chi connectivity index (χ2n) is 9.96. The summed E-state index contributed by atoms with van der Waals surface area (Å²) in [6.45, 7) is 8.05. The lowest BCUT2D eigenvalue weighted by Gasteiger charge is -2.16. The van der Waals surface area contributed by atoms with Gasteiger partial charge in [0.15, 0.2) is 5.17 Å². The predicted octanol–water partition coefficient (Wildman–Crippen LogP) is 7.94. The van der Waals surface area contributed by atoms with Crippen molar-refractivity contribution in [1.82, 2.24) is 4.57 Å². The van der Waals surface area contributed by atoms with Gasteiger partial charge in [-0.3, -0.25) is 19.8 Å². The maximum absolute atomic E-state index is 13.9. The Labute approximate surface area is 249 Å². The van der Waals surface area contributed by atoms with E-state index < -0.39 is 4.92 Å². The number of carbonyl (C=O) groups is 1. The molecule has 1 fully saturated rings. The third-order valence-corrected chi connectivity index (χ3v) is 8.32. The van der Waals surface area contributed by atoms with Crippen LogP contribution in [0.15, 0.2) is 82.7 Å². The summed E-state index contributed by atoms with van der Waals surface area (Å²) in [5.41, 5.74) is 6.97. The highest BCUT2D eigenvalue weighted by atomic mass is 32.2. The minimum atomic E-state index is -0.424. The Balaban J connectivity index is 1.58. The van der Waals surface area contributed by atoms with E-state index in [0.717, 1.165) is 41.2 Å². The number of ether oxygens (including phenoxy) is 1. The summed E-state index contributed by atoms with van der Waals surface area (Å²) in [5.74, 6) is 0.351. The van der Waals surface area contributed by atoms with E-state index in [-0.39, 0.29) is 11.6 Å². The predicted molar refractivity (Wildman–Crippen MR) is 170 cm³/mol. The molecule has 4 aromatic rings. The molecule has 1 aliphatic heterocycles. The summed E-state index contributed by atoms with van der Waals surface area (Å²) in [7, 11) is 1.54. The average Bonchev–Trinajstić information content (AvgIpc) is 3.46. The zero-order valence-electron chi connectivity index (χ0n) is 24.2. The minimum Gasteiger partial charge on any atom is -0.495 e. The highest BCUT2D eigenvalue weighted by Gasteiger charge is 2.35. The van der Waals surface area contributed by atoms with Gasteiger partial charge in [-0.25, -0.2) is 4.99 Å². The largest absolute Gasteiger partial charge is 0.495 e. The molecule has 0 spiro atoms. The minimum absolute atomic E-state index is 0.0303. The summed E-state index contributed by atoms with van der Waals surface area (Å²) >= 11 is 1.33. The van der Waals surface area contributed by atoms with E-state index in [9.17, 15) is 14.9 Å². The topological polar surface area (TPSA) is 90.0 Å². The van der Waals surface area contributed by atoms with Crippen LogP contribution in [0.25, 0.3) is 11.8 Å². The van der Waals surface area contributed by atoms with Crippen LogP contribution in [0, 0.1) is 24.0 Å². The maximum Gasteiger partial charge on any atom is 0.271 e. The number of hydrogen-bond donors (Lipinski definition) is 0. The van der Waals surface area contributed by atoms with Gasteiger partial charge >= 0.3 is 0 Å². The average molecular weight is 581 g/mol. The van der Waals surface area contributed by atoms with Gasteiger partial charge in [-0.1, -0.05) is 38.1 Å². The lowest BCUT2D eigenvalue weighted by Crippen LogP contribution is -2.28. The molecule has 5 rings (SSSR count). The normalized spacial score (nSPS) is 15.2. The number of methoxy groups -OCH3 is 1. The van der Waals surface area contributed by atoms with Crippen molar-refractivity contribution in [3.8, 4) is 11.4 Å². The molecule has 8 nitrogen and oxygen atoms in total. The number of amidine groups is 1. The molecule has 0 unspecified atom stereocenters. The van der Waals surface area contributed by atoms with Gasteiger partial charge in [0.1, 0.15) is 5.75 Å². The smallest absolute Gasteiger partial charge is 0.271 e.